The highest BCUT2D eigenvalue weighted by Crippen LogP contribution is 2.45. The van der Waals surface area contributed by atoms with Gasteiger partial charge in [-0.3, -0.25) is 0 Å². The van der Waals surface area contributed by atoms with E-state index in [1.807, 2.05) is 6.07 Å². The molecule has 1 aromatic rings. The van der Waals surface area contributed by atoms with Gasteiger partial charge in [0, 0.05) is 17.5 Å². The van der Waals surface area contributed by atoms with Crippen LogP contribution < -0.4 is 5.32 Å². The van der Waals surface area contributed by atoms with Crippen LogP contribution in [0, 0.1) is 11.8 Å². The quantitative estimate of drug-likeness (QED) is 0.831. The predicted octanol–water partition coefficient (Wildman–Crippen LogP) is 4.14. The molecule has 104 valence electrons. The van der Waals surface area contributed by atoms with E-state index in [2.05, 4.69) is 47.0 Å². The van der Waals surface area contributed by atoms with Gasteiger partial charge >= 0.3 is 0 Å². The highest BCUT2D eigenvalue weighted by atomic mass is 79.9. The number of hydrogen-bond acceptors (Lipinski definition) is 3. The Kier molecular flexibility index (Phi) is 3.32. The molecule has 0 aliphatic heterocycles. The lowest BCUT2D eigenvalue weighted by Crippen LogP contribution is -2.27. The van der Waals surface area contributed by atoms with E-state index in [-0.39, 0.29) is 5.41 Å². The third kappa shape index (κ3) is 2.78. The molecule has 0 spiro atoms. The molecule has 3 rings (SSSR count). The van der Waals surface area contributed by atoms with Crippen molar-refractivity contribution in [3.63, 3.8) is 0 Å². The van der Waals surface area contributed by atoms with Gasteiger partial charge in [0.05, 0.1) is 0 Å². The van der Waals surface area contributed by atoms with Crippen LogP contribution in [0.3, 0.4) is 0 Å². The number of rotatable bonds is 2. The number of halogens is 1. The van der Waals surface area contributed by atoms with Gasteiger partial charge < -0.3 is 5.32 Å². The average Bonchev–Trinajstić information content (AvgIpc) is 2.88. The summed E-state index contributed by atoms with van der Waals surface area (Å²) in [6.07, 6.45) is 5.55. The molecule has 2 fully saturated rings. The van der Waals surface area contributed by atoms with Crippen LogP contribution in [0.2, 0.25) is 0 Å². The van der Waals surface area contributed by atoms with E-state index in [4.69, 9.17) is 4.98 Å². The fraction of sp³-hybridized carbons (Fsp3) is 0.733. The Bertz CT molecular complexity index is 481. The maximum absolute atomic E-state index is 4.70. The molecule has 19 heavy (non-hydrogen) atoms. The number of fused-ring (bicyclic) bond motifs is 2. The lowest BCUT2D eigenvalue weighted by atomic mass is 9.95. The topological polar surface area (TPSA) is 37.8 Å². The van der Waals surface area contributed by atoms with Crippen molar-refractivity contribution in [3.05, 3.63) is 16.5 Å². The average molecular weight is 324 g/mol. The van der Waals surface area contributed by atoms with Crippen LogP contribution in [0.25, 0.3) is 0 Å². The van der Waals surface area contributed by atoms with Crippen molar-refractivity contribution in [2.75, 3.05) is 5.32 Å². The van der Waals surface area contributed by atoms with E-state index >= 15 is 0 Å². The van der Waals surface area contributed by atoms with Crippen LogP contribution in [-0.4, -0.2) is 16.0 Å². The number of aromatic nitrogens is 2. The summed E-state index contributed by atoms with van der Waals surface area (Å²) < 4.78 is 0.873. The Morgan fingerprint density at radius 2 is 2.00 bits per heavy atom. The highest BCUT2D eigenvalue weighted by Gasteiger charge is 2.39. The second-order valence-corrected chi connectivity index (χ2v) is 7.89. The Balaban J connectivity index is 1.79. The van der Waals surface area contributed by atoms with Crippen molar-refractivity contribution in [2.45, 2.75) is 57.9 Å². The molecule has 2 aliphatic carbocycles. The van der Waals surface area contributed by atoms with Crippen LogP contribution in [0.5, 0.6) is 0 Å². The fourth-order valence-electron chi connectivity index (χ4n) is 3.44. The predicted molar refractivity (Wildman–Crippen MR) is 81.3 cm³/mol. The van der Waals surface area contributed by atoms with Crippen molar-refractivity contribution in [1.29, 1.82) is 0 Å². The summed E-state index contributed by atoms with van der Waals surface area (Å²) in [6.45, 7) is 6.45. The van der Waals surface area contributed by atoms with Gasteiger partial charge in [-0.2, -0.15) is 0 Å². The monoisotopic (exact) mass is 323 g/mol. The minimum atomic E-state index is -0.0190. The molecule has 1 heterocycles. The van der Waals surface area contributed by atoms with Gasteiger partial charge in [0.15, 0.2) is 0 Å². The first kappa shape index (κ1) is 13.3. The molecule has 2 bridgehead atoms. The Morgan fingerprint density at radius 1 is 1.21 bits per heavy atom. The van der Waals surface area contributed by atoms with E-state index in [1.54, 1.807) is 0 Å². The van der Waals surface area contributed by atoms with Gasteiger partial charge in [-0.1, -0.05) is 27.2 Å². The highest BCUT2D eigenvalue weighted by molar-refractivity contribution is 9.10. The third-order valence-corrected chi connectivity index (χ3v) is 4.84. The smallest absolute Gasteiger partial charge is 0.137 e. The van der Waals surface area contributed by atoms with Crippen molar-refractivity contribution >= 4 is 21.7 Å². The first-order valence-electron chi connectivity index (χ1n) is 7.23. The number of nitrogens with zero attached hydrogens (tertiary/aromatic N) is 2. The first-order chi connectivity index (χ1) is 8.91. The van der Waals surface area contributed by atoms with Crippen LogP contribution in [0.4, 0.5) is 5.82 Å². The molecule has 1 N–H and O–H groups in total. The second-order valence-electron chi connectivity index (χ2n) is 7.08. The summed E-state index contributed by atoms with van der Waals surface area (Å²) in [5, 5.41) is 3.64. The number of hydrogen-bond donors (Lipinski definition) is 1. The Morgan fingerprint density at radius 3 is 2.58 bits per heavy atom. The molecular weight excluding hydrogens is 302 g/mol. The minimum Gasteiger partial charge on any atom is -0.367 e. The second kappa shape index (κ2) is 4.72. The van der Waals surface area contributed by atoms with Crippen molar-refractivity contribution in [2.24, 2.45) is 11.8 Å². The normalized spacial score (nSPS) is 29.8. The van der Waals surface area contributed by atoms with E-state index in [1.165, 1.54) is 25.7 Å². The van der Waals surface area contributed by atoms with Crippen molar-refractivity contribution in [3.8, 4) is 0 Å². The van der Waals surface area contributed by atoms with Gasteiger partial charge in [0.25, 0.3) is 0 Å². The molecule has 4 heteroatoms. The van der Waals surface area contributed by atoms with E-state index in [9.17, 15) is 0 Å². The number of anilines is 1. The van der Waals surface area contributed by atoms with Crippen LogP contribution in [0.15, 0.2) is 10.7 Å². The Hall–Kier alpha value is -0.640. The fourth-order valence-corrected chi connectivity index (χ4v) is 3.82. The maximum Gasteiger partial charge on any atom is 0.137 e. The summed E-state index contributed by atoms with van der Waals surface area (Å²) >= 11 is 3.50. The SMILES string of the molecule is CC(C)(C)c1nc(Br)cc(NC2CC3CCC2C3)n1. The van der Waals surface area contributed by atoms with Gasteiger partial charge in [-0.25, -0.2) is 9.97 Å². The van der Waals surface area contributed by atoms with Gasteiger partial charge in [-0.05, 0) is 47.0 Å². The lowest BCUT2D eigenvalue weighted by Gasteiger charge is -2.24. The molecule has 2 saturated carbocycles. The standard InChI is InChI=1S/C15H22BrN3/c1-15(2,3)14-18-12(16)8-13(19-14)17-11-7-9-4-5-10(11)6-9/h8-11H,4-7H2,1-3H3,(H,17,18,19). The largest absolute Gasteiger partial charge is 0.367 e. The van der Waals surface area contributed by atoms with Gasteiger partial charge in [-0.15, -0.1) is 0 Å². The molecule has 0 radical (unpaired) electrons. The molecule has 3 atom stereocenters. The minimum absolute atomic E-state index is 0.0190. The van der Waals surface area contributed by atoms with E-state index in [0.717, 1.165) is 28.1 Å². The number of nitrogens with one attached hydrogen (secondary N) is 1. The summed E-state index contributed by atoms with van der Waals surface area (Å²) in [7, 11) is 0. The molecule has 0 aromatic carbocycles. The van der Waals surface area contributed by atoms with E-state index < -0.39 is 0 Å². The zero-order chi connectivity index (χ0) is 13.6. The van der Waals surface area contributed by atoms with E-state index in [0.29, 0.717) is 6.04 Å². The summed E-state index contributed by atoms with van der Waals surface area (Å²) in [5.41, 5.74) is -0.0190. The summed E-state index contributed by atoms with van der Waals surface area (Å²) in [4.78, 5) is 9.19. The Labute approximate surface area is 123 Å². The van der Waals surface area contributed by atoms with Crippen LogP contribution in [-0.2, 0) is 5.41 Å². The zero-order valence-electron chi connectivity index (χ0n) is 11.9. The molecule has 3 unspecified atom stereocenters. The van der Waals surface area contributed by atoms with Crippen molar-refractivity contribution in [1.82, 2.24) is 9.97 Å². The van der Waals surface area contributed by atoms with Crippen molar-refractivity contribution < 1.29 is 0 Å². The molecule has 1 aromatic heterocycles. The third-order valence-electron chi connectivity index (χ3n) is 4.44. The molecule has 0 amide bonds. The molecule has 0 saturated heterocycles. The lowest BCUT2D eigenvalue weighted by molar-refractivity contribution is 0.438. The maximum atomic E-state index is 4.70. The van der Waals surface area contributed by atoms with Crippen LogP contribution in [0.1, 0.15) is 52.3 Å². The summed E-state index contributed by atoms with van der Waals surface area (Å²) in [6, 6.07) is 2.62. The van der Waals surface area contributed by atoms with Gasteiger partial charge in [0.2, 0.25) is 0 Å². The summed E-state index contributed by atoms with van der Waals surface area (Å²) in [5.74, 6) is 3.68. The molecule has 3 nitrogen and oxygen atoms in total. The zero-order valence-corrected chi connectivity index (χ0v) is 13.5. The van der Waals surface area contributed by atoms with Gasteiger partial charge in [0.1, 0.15) is 16.2 Å². The first-order valence-corrected chi connectivity index (χ1v) is 8.03. The molecule has 2 aliphatic rings. The van der Waals surface area contributed by atoms with Crippen LogP contribution >= 0.6 is 15.9 Å². The molecular formula is C15H22BrN3.